The molecule has 98 valence electrons. The number of hydrogen-bond donors (Lipinski definition) is 1. The lowest BCUT2D eigenvalue weighted by molar-refractivity contribution is 0.0671. The number of carbonyl (C=O) groups excluding carboxylic acids is 1. The van der Waals surface area contributed by atoms with E-state index in [0.717, 1.165) is 25.7 Å². The number of halogens is 1. The lowest BCUT2D eigenvalue weighted by Crippen LogP contribution is -2.50. The molecule has 0 aromatic heterocycles. The third kappa shape index (κ3) is 2.70. The van der Waals surface area contributed by atoms with Gasteiger partial charge >= 0.3 is 0 Å². The van der Waals surface area contributed by atoms with Crippen LogP contribution in [-0.4, -0.2) is 29.9 Å². The largest absolute Gasteiger partial charge is 0.337 e. The molecule has 1 aliphatic carbocycles. The second-order valence-electron chi connectivity index (χ2n) is 4.94. The zero-order valence-electron chi connectivity index (χ0n) is 10.6. The molecule has 2 atom stereocenters. The van der Waals surface area contributed by atoms with Gasteiger partial charge in [-0.05, 0) is 31.0 Å². The molecule has 1 saturated carbocycles. The second kappa shape index (κ2) is 5.48. The standard InChI is InChI=1S/C14H19FN2O/c1-17(13-8-3-2-7-12(13)16)14(18)10-5-4-6-11(15)9-10/h4-6,9,12-13H,2-3,7-8,16H2,1H3. The van der Waals surface area contributed by atoms with Crippen LogP contribution in [0.1, 0.15) is 36.0 Å². The van der Waals surface area contributed by atoms with E-state index < -0.39 is 0 Å². The highest BCUT2D eigenvalue weighted by molar-refractivity contribution is 5.94. The van der Waals surface area contributed by atoms with Crippen LogP contribution in [0.5, 0.6) is 0 Å². The molecule has 1 amide bonds. The van der Waals surface area contributed by atoms with Crippen molar-refractivity contribution >= 4 is 5.91 Å². The Kier molecular flexibility index (Phi) is 3.97. The smallest absolute Gasteiger partial charge is 0.254 e. The van der Waals surface area contributed by atoms with Crippen LogP contribution in [0, 0.1) is 5.82 Å². The van der Waals surface area contributed by atoms with E-state index in [1.54, 1.807) is 24.1 Å². The van der Waals surface area contributed by atoms with Crippen LogP contribution in [0.15, 0.2) is 24.3 Å². The molecule has 0 spiro atoms. The molecule has 0 heterocycles. The highest BCUT2D eigenvalue weighted by Crippen LogP contribution is 2.22. The van der Waals surface area contributed by atoms with Gasteiger partial charge in [0.15, 0.2) is 0 Å². The Bertz CT molecular complexity index is 436. The van der Waals surface area contributed by atoms with Crippen molar-refractivity contribution in [2.24, 2.45) is 5.73 Å². The predicted molar refractivity (Wildman–Crippen MR) is 68.7 cm³/mol. The summed E-state index contributed by atoms with van der Waals surface area (Å²) < 4.78 is 13.1. The van der Waals surface area contributed by atoms with Gasteiger partial charge in [-0.1, -0.05) is 18.9 Å². The Morgan fingerprint density at radius 2 is 2.11 bits per heavy atom. The molecule has 1 aromatic carbocycles. The molecule has 1 fully saturated rings. The summed E-state index contributed by atoms with van der Waals surface area (Å²) in [6.07, 6.45) is 4.10. The van der Waals surface area contributed by atoms with Crippen molar-refractivity contribution in [2.75, 3.05) is 7.05 Å². The van der Waals surface area contributed by atoms with Crippen LogP contribution in [-0.2, 0) is 0 Å². The van der Waals surface area contributed by atoms with Gasteiger partial charge in [0.05, 0.1) is 0 Å². The first-order valence-electron chi connectivity index (χ1n) is 6.38. The van der Waals surface area contributed by atoms with E-state index in [-0.39, 0.29) is 23.8 Å². The third-order valence-corrected chi connectivity index (χ3v) is 3.67. The maximum atomic E-state index is 13.1. The normalized spacial score (nSPS) is 23.7. The van der Waals surface area contributed by atoms with Gasteiger partial charge in [0.25, 0.3) is 5.91 Å². The molecule has 2 unspecified atom stereocenters. The lowest BCUT2D eigenvalue weighted by Gasteiger charge is -2.36. The maximum Gasteiger partial charge on any atom is 0.254 e. The fraction of sp³-hybridized carbons (Fsp3) is 0.500. The Morgan fingerprint density at radius 1 is 1.39 bits per heavy atom. The summed E-state index contributed by atoms with van der Waals surface area (Å²) in [5, 5.41) is 0. The minimum absolute atomic E-state index is 0.0289. The molecular formula is C14H19FN2O. The topological polar surface area (TPSA) is 46.3 Å². The zero-order valence-corrected chi connectivity index (χ0v) is 10.6. The molecule has 0 aliphatic heterocycles. The molecule has 0 saturated heterocycles. The summed E-state index contributed by atoms with van der Waals surface area (Å²) in [7, 11) is 1.75. The summed E-state index contributed by atoms with van der Waals surface area (Å²) in [5.74, 6) is -0.543. The van der Waals surface area contributed by atoms with Crippen LogP contribution in [0.3, 0.4) is 0 Å². The van der Waals surface area contributed by atoms with Gasteiger partial charge in [0.2, 0.25) is 0 Å². The van der Waals surface area contributed by atoms with Gasteiger partial charge in [-0.15, -0.1) is 0 Å². The van der Waals surface area contributed by atoms with Crippen LogP contribution < -0.4 is 5.73 Å². The minimum Gasteiger partial charge on any atom is -0.337 e. The summed E-state index contributed by atoms with van der Waals surface area (Å²) in [6, 6.07) is 5.89. The molecule has 2 rings (SSSR count). The summed E-state index contributed by atoms with van der Waals surface area (Å²) in [5.41, 5.74) is 6.44. The Morgan fingerprint density at radius 3 is 2.78 bits per heavy atom. The zero-order chi connectivity index (χ0) is 13.1. The summed E-state index contributed by atoms with van der Waals surface area (Å²) >= 11 is 0. The second-order valence-corrected chi connectivity index (χ2v) is 4.94. The van der Waals surface area contributed by atoms with Gasteiger partial charge < -0.3 is 10.6 Å². The van der Waals surface area contributed by atoms with Crippen LogP contribution in [0.4, 0.5) is 4.39 Å². The average molecular weight is 250 g/mol. The minimum atomic E-state index is -0.387. The number of nitrogens with two attached hydrogens (primary N) is 1. The molecule has 2 N–H and O–H groups in total. The number of nitrogens with zero attached hydrogens (tertiary/aromatic N) is 1. The van der Waals surface area contributed by atoms with Crippen molar-refractivity contribution in [1.29, 1.82) is 0 Å². The number of hydrogen-bond acceptors (Lipinski definition) is 2. The highest BCUT2D eigenvalue weighted by Gasteiger charge is 2.28. The van der Waals surface area contributed by atoms with Crippen LogP contribution in [0.25, 0.3) is 0 Å². The van der Waals surface area contributed by atoms with Crippen molar-refractivity contribution in [2.45, 2.75) is 37.8 Å². The highest BCUT2D eigenvalue weighted by atomic mass is 19.1. The fourth-order valence-electron chi connectivity index (χ4n) is 2.60. The Hall–Kier alpha value is -1.42. The van der Waals surface area contributed by atoms with E-state index in [0.29, 0.717) is 5.56 Å². The van der Waals surface area contributed by atoms with Crippen molar-refractivity contribution in [1.82, 2.24) is 4.90 Å². The molecule has 0 radical (unpaired) electrons. The van der Waals surface area contributed by atoms with E-state index in [4.69, 9.17) is 5.73 Å². The number of carbonyl (C=O) groups is 1. The number of benzene rings is 1. The van der Waals surface area contributed by atoms with Crippen molar-refractivity contribution in [3.05, 3.63) is 35.6 Å². The molecule has 18 heavy (non-hydrogen) atoms. The summed E-state index contributed by atoms with van der Waals surface area (Å²) in [6.45, 7) is 0. The van der Waals surface area contributed by atoms with Gasteiger partial charge in [-0.2, -0.15) is 0 Å². The van der Waals surface area contributed by atoms with E-state index in [1.165, 1.54) is 12.1 Å². The Labute approximate surface area is 107 Å². The van der Waals surface area contributed by atoms with Crippen molar-refractivity contribution in [3.63, 3.8) is 0 Å². The number of rotatable bonds is 2. The van der Waals surface area contributed by atoms with Gasteiger partial charge in [-0.25, -0.2) is 4.39 Å². The predicted octanol–water partition coefficient (Wildman–Crippen LogP) is 2.17. The molecule has 0 bridgehead atoms. The van der Waals surface area contributed by atoms with Gasteiger partial charge in [0.1, 0.15) is 5.82 Å². The SMILES string of the molecule is CN(C(=O)c1cccc(F)c1)C1CCCCC1N. The molecule has 4 heteroatoms. The van der Waals surface area contributed by atoms with Gasteiger partial charge in [0, 0.05) is 24.7 Å². The molecule has 1 aliphatic rings. The third-order valence-electron chi connectivity index (χ3n) is 3.67. The molecule has 3 nitrogen and oxygen atoms in total. The van der Waals surface area contributed by atoms with Gasteiger partial charge in [-0.3, -0.25) is 4.79 Å². The van der Waals surface area contributed by atoms with Crippen molar-refractivity contribution in [3.8, 4) is 0 Å². The van der Waals surface area contributed by atoms with Crippen molar-refractivity contribution < 1.29 is 9.18 Å². The van der Waals surface area contributed by atoms with E-state index in [2.05, 4.69) is 0 Å². The Balaban J connectivity index is 2.13. The number of likely N-dealkylation sites (N-methyl/N-ethyl adjacent to an activating group) is 1. The number of amides is 1. The first-order chi connectivity index (χ1) is 8.59. The first kappa shape index (κ1) is 13.0. The quantitative estimate of drug-likeness (QED) is 0.874. The first-order valence-corrected chi connectivity index (χ1v) is 6.38. The maximum absolute atomic E-state index is 13.1. The molecular weight excluding hydrogens is 231 g/mol. The summed E-state index contributed by atoms with van der Waals surface area (Å²) in [4.78, 5) is 13.9. The van der Waals surface area contributed by atoms with E-state index >= 15 is 0 Å². The van der Waals surface area contributed by atoms with E-state index in [1.807, 2.05) is 0 Å². The van der Waals surface area contributed by atoms with Crippen LogP contribution >= 0.6 is 0 Å². The van der Waals surface area contributed by atoms with Crippen LogP contribution in [0.2, 0.25) is 0 Å². The average Bonchev–Trinajstić information content (AvgIpc) is 2.37. The van der Waals surface area contributed by atoms with E-state index in [9.17, 15) is 9.18 Å². The fourth-order valence-corrected chi connectivity index (χ4v) is 2.60. The molecule has 1 aromatic rings. The lowest BCUT2D eigenvalue weighted by atomic mass is 9.90. The monoisotopic (exact) mass is 250 g/mol.